The monoisotopic (exact) mass is 417 g/mol. The van der Waals surface area contributed by atoms with Gasteiger partial charge in [-0.2, -0.15) is 0 Å². The lowest BCUT2D eigenvalue weighted by Crippen LogP contribution is -2.08. The Kier molecular flexibility index (Phi) is 5.86. The zero-order valence-electron chi connectivity index (χ0n) is 17.3. The summed E-state index contributed by atoms with van der Waals surface area (Å²) in [5.41, 5.74) is 4.96. The first-order chi connectivity index (χ1) is 14.5. The minimum atomic E-state index is 0.0906. The average molecular weight is 418 g/mol. The minimum Gasteiger partial charge on any atom is -0.469 e. The van der Waals surface area contributed by atoms with Crippen molar-refractivity contribution in [3.05, 3.63) is 88.9 Å². The molecular formula is C24H23N3O2S. The van der Waals surface area contributed by atoms with Crippen LogP contribution >= 0.6 is 11.8 Å². The highest BCUT2D eigenvalue weighted by Crippen LogP contribution is 2.28. The molecule has 2 heterocycles. The lowest BCUT2D eigenvalue weighted by molar-refractivity contribution is 0.102. The Bertz CT molecular complexity index is 1180. The van der Waals surface area contributed by atoms with Gasteiger partial charge in [-0.25, -0.2) is 0 Å². The summed E-state index contributed by atoms with van der Waals surface area (Å²) >= 11 is 1.42. The number of nitrogens with zero attached hydrogens (tertiary/aromatic N) is 3. The summed E-state index contributed by atoms with van der Waals surface area (Å²) < 4.78 is 7.52. The smallest absolute Gasteiger partial charge is 0.192 e. The number of hydrogen-bond acceptors (Lipinski definition) is 5. The lowest BCUT2D eigenvalue weighted by Gasteiger charge is -2.10. The molecule has 0 aliphatic rings. The molecule has 30 heavy (non-hydrogen) atoms. The molecule has 0 aliphatic carbocycles. The van der Waals surface area contributed by atoms with Crippen molar-refractivity contribution in [2.45, 2.75) is 32.5 Å². The van der Waals surface area contributed by atoms with Crippen LogP contribution in [0.15, 0.2) is 70.4 Å². The summed E-state index contributed by atoms with van der Waals surface area (Å²) in [6.45, 7) is 6.53. The molecule has 5 nitrogen and oxygen atoms in total. The molecule has 0 radical (unpaired) electrons. The molecule has 0 atom stereocenters. The largest absolute Gasteiger partial charge is 0.469 e. The number of aryl methyl sites for hydroxylation is 3. The second-order valence-electron chi connectivity index (χ2n) is 7.30. The molecule has 6 heteroatoms. The van der Waals surface area contributed by atoms with Crippen molar-refractivity contribution in [3.63, 3.8) is 0 Å². The third-order valence-corrected chi connectivity index (χ3v) is 5.98. The van der Waals surface area contributed by atoms with E-state index in [-0.39, 0.29) is 5.78 Å². The fraction of sp³-hybridized carbons (Fsp3) is 0.208. The lowest BCUT2D eigenvalue weighted by atomic mass is 10.0. The Balaban J connectivity index is 1.62. The van der Waals surface area contributed by atoms with E-state index in [0.29, 0.717) is 17.5 Å². The van der Waals surface area contributed by atoms with Gasteiger partial charge < -0.3 is 4.42 Å². The first-order valence-corrected chi connectivity index (χ1v) is 10.8. The predicted molar refractivity (Wildman–Crippen MR) is 119 cm³/mol. The van der Waals surface area contributed by atoms with Crippen molar-refractivity contribution in [3.8, 4) is 11.4 Å². The SMILES string of the molecule is Cc1ccc(C(=O)CSc2nnc(-c3ccoc3C)n2Cc2ccccc2)c(C)c1. The number of carbonyl (C=O) groups is 1. The minimum absolute atomic E-state index is 0.0906. The molecule has 152 valence electrons. The molecule has 0 N–H and O–H groups in total. The third kappa shape index (κ3) is 4.24. The quantitative estimate of drug-likeness (QED) is 0.294. The van der Waals surface area contributed by atoms with Gasteiger partial charge in [0.25, 0.3) is 0 Å². The number of aromatic nitrogens is 3. The van der Waals surface area contributed by atoms with E-state index in [1.807, 2.05) is 67.8 Å². The number of carbonyl (C=O) groups excluding carboxylic acids is 1. The van der Waals surface area contributed by atoms with Gasteiger partial charge >= 0.3 is 0 Å². The molecule has 0 aliphatic heterocycles. The van der Waals surface area contributed by atoms with E-state index in [9.17, 15) is 4.79 Å². The molecule has 4 rings (SSSR count). The zero-order valence-corrected chi connectivity index (χ0v) is 18.1. The van der Waals surface area contributed by atoms with Gasteiger partial charge in [0.2, 0.25) is 0 Å². The van der Waals surface area contributed by atoms with Crippen LogP contribution < -0.4 is 0 Å². The Labute approximate surface area is 180 Å². The van der Waals surface area contributed by atoms with Crippen LogP contribution in [0.1, 0.15) is 32.8 Å². The average Bonchev–Trinajstić information content (AvgIpc) is 3.32. The van der Waals surface area contributed by atoms with Crippen LogP contribution in [0.3, 0.4) is 0 Å². The second-order valence-corrected chi connectivity index (χ2v) is 8.24. The summed E-state index contributed by atoms with van der Waals surface area (Å²) in [7, 11) is 0. The Morgan fingerprint density at radius 2 is 1.83 bits per heavy atom. The number of benzene rings is 2. The Morgan fingerprint density at radius 3 is 2.53 bits per heavy atom. The van der Waals surface area contributed by atoms with Crippen molar-refractivity contribution in [2.75, 3.05) is 5.75 Å². The molecule has 2 aromatic heterocycles. The van der Waals surface area contributed by atoms with Gasteiger partial charge in [0, 0.05) is 5.56 Å². The molecule has 2 aromatic carbocycles. The number of furan rings is 1. The van der Waals surface area contributed by atoms with Crippen molar-refractivity contribution in [1.82, 2.24) is 14.8 Å². The first-order valence-electron chi connectivity index (χ1n) is 9.78. The highest BCUT2D eigenvalue weighted by Gasteiger charge is 2.19. The standard InChI is InChI=1S/C24H23N3O2S/c1-16-9-10-20(17(2)13-16)22(28)15-30-24-26-25-23(21-11-12-29-18(21)3)27(24)14-19-7-5-4-6-8-19/h4-13H,14-15H2,1-3H3. The maximum absolute atomic E-state index is 12.8. The van der Waals surface area contributed by atoms with Crippen LogP contribution in [0.2, 0.25) is 0 Å². The number of hydrogen-bond donors (Lipinski definition) is 0. The Morgan fingerprint density at radius 1 is 1.03 bits per heavy atom. The summed E-state index contributed by atoms with van der Waals surface area (Å²) in [6.07, 6.45) is 1.66. The van der Waals surface area contributed by atoms with Crippen LogP contribution in [0, 0.1) is 20.8 Å². The van der Waals surface area contributed by atoms with Crippen LogP contribution in [0.5, 0.6) is 0 Å². The van der Waals surface area contributed by atoms with Crippen LogP contribution in [0.4, 0.5) is 0 Å². The van der Waals surface area contributed by atoms with Crippen LogP contribution in [-0.4, -0.2) is 26.3 Å². The summed E-state index contributed by atoms with van der Waals surface area (Å²) in [5, 5.41) is 9.53. The number of thioether (sulfide) groups is 1. The van der Waals surface area contributed by atoms with Gasteiger partial charge in [-0.05, 0) is 38.0 Å². The molecule has 0 fully saturated rings. The first kappa shape index (κ1) is 20.2. The second kappa shape index (κ2) is 8.71. The van der Waals surface area contributed by atoms with Gasteiger partial charge in [0.1, 0.15) is 5.76 Å². The molecule has 0 bridgehead atoms. The van der Waals surface area contributed by atoms with E-state index in [2.05, 4.69) is 22.3 Å². The number of Topliss-reactive ketones (excluding diaryl/α,β-unsaturated/α-hetero) is 1. The maximum Gasteiger partial charge on any atom is 0.192 e. The van der Waals surface area contributed by atoms with Crippen LogP contribution in [0.25, 0.3) is 11.4 Å². The Hall–Kier alpha value is -3.12. The topological polar surface area (TPSA) is 60.9 Å². The summed E-state index contributed by atoms with van der Waals surface area (Å²) in [4.78, 5) is 12.8. The fourth-order valence-corrected chi connectivity index (χ4v) is 4.28. The molecule has 0 unspecified atom stereocenters. The molecule has 0 saturated heterocycles. The third-order valence-electron chi connectivity index (χ3n) is 5.01. The zero-order chi connectivity index (χ0) is 21.1. The molecule has 0 spiro atoms. The van der Waals surface area contributed by atoms with Gasteiger partial charge in [0.05, 0.1) is 24.1 Å². The predicted octanol–water partition coefficient (Wildman–Crippen LogP) is 5.49. The van der Waals surface area contributed by atoms with Crippen LogP contribution in [-0.2, 0) is 6.54 Å². The van der Waals surface area contributed by atoms with Crippen molar-refractivity contribution in [1.29, 1.82) is 0 Å². The van der Waals surface area contributed by atoms with E-state index in [4.69, 9.17) is 4.42 Å². The van der Waals surface area contributed by atoms with Gasteiger partial charge in [-0.1, -0.05) is 65.9 Å². The molecular weight excluding hydrogens is 394 g/mol. The number of rotatable bonds is 7. The normalized spacial score (nSPS) is 11.0. The fourth-order valence-electron chi connectivity index (χ4n) is 3.45. The van der Waals surface area contributed by atoms with E-state index < -0.39 is 0 Å². The highest BCUT2D eigenvalue weighted by atomic mass is 32.2. The molecule has 0 amide bonds. The summed E-state index contributed by atoms with van der Waals surface area (Å²) in [6, 6.07) is 18.0. The van der Waals surface area contributed by atoms with Crippen molar-refractivity contribution >= 4 is 17.5 Å². The van der Waals surface area contributed by atoms with Crippen molar-refractivity contribution < 1.29 is 9.21 Å². The van der Waals surface area contributed by atoms with E-state index in [1.165, 1.54) is 11.8 Å². The van der Waals surface area contributed by atoms with Gasteiger partial charge in [0.15, 0.2) is 16.8 Å². The van der Waals surface area contributed by atoms with Gasteiger partial charge in [-0.3, -0.25) is 9.36 Å². The highest BCUT2D eigenvalue weighted by molar-refractivity contribution is 7.99. The summed E-state index contributed by atoms with van der Waals surface area (Å²) in [5.74, 6) is 1.93. The van der Waals surface area contributed by atoms with E-state index in [1.54, 1.807) is 6.26 Å². The number of ketones is 1. The van der Waals surface area contributed by atoms with Gasteiger partial charge in [-0.15, -0.1) is 10.2 Å². The maximum atomic E-state index is 12.8. The molecule has 4 aromatic rings. The van der Waals surface area contributed by atoms with Crippen molar-refractivity contribution in [2.24, 2.45) is 0 Å². The molecule has 0 saturated carbocycles. The van der Waals surface area contributed by atoms with E-state index >= 15 is 0 Å². The van der Waals surface area contributed by atoms with E-state index in [0.717, 1.165) is 39.4 Å².